The quantitative estimate of drug-likeness (QED) is 0.515. The van der Waals surface area contributed by atoms with Crippen molar-refractivity contribution >= 4 is 5.97 Å². The summed E-state index contributed by atoms with van der Waals surface area (Å²) in [5, 5.41) is 9.85. The molecule has 3 heteroatoms. The molecule has 3 nitrogen and oxygen atoms in total. The summed E-state index contributed by atoms with van der Waals surface area (Å²) < 4.78 is 5.12. The molecule has 1 aliphatic carbocycles. The molecule has 1 aliphatic rings. The van der Waals surface area contributed by atoms with Gasteiger partial charge in [0, 0.05) is 6.92 Å². The van der Waals surface area contributed by atoms with E-state index in [1.807, 2.05) is 26.8 Å². The van der Waals surface area contributed by atoms with Crippen molar-refractivity contribution in [3.63, 3.8) is 0 Å². The summed E-state index contributed by atoms with van der Waals surface area (Å²) in [5.74, 6) is -0.272. The molecule has 0 aromatic carbocycles. The second kappa shape index (κ2) is 3.73. The van der Waals surface area contributed by atoms with Crippen molar-refractivity contribution in [3.8, 4) is 0 Å². The molecule has 2 atom stereocenters. The van der Waals surface area contributed by atoms with Crippen LogP contribution in [0.25, 0.3) is 0 Å². The van der Waals surface area contributed by atoms with Crippen LogP contribution in [-0.4, -0.2) is 23.3 Å². The fourth-order valence-electron chi connectivity index (χ4n) is 1.98. The maximum absolute atomic E-state index is 10.8. The van der Waals surface area contributed by atoms with E-state index in [4.69, 9.17) is 4.74 Å². The molecule has 80 valence electrons. The van der Waals surface area contributed by atoms with Crippen LogP contribution in [0.4, 0.5) is 0 Å². The van der Waals surface area contributed by atoms with E-state index in [0.717, 1.165) is 5.57 Å². The fraction of sp³-hybridized carbons (Fsp3) is 0.727. The van der Waals surface area contributed by atoms with Gasteiger partial charge in [0.1, 0.15) is 6.10 Å². The minimum absolute atomic E-state index is 0.189. The number of rotatable bonds is 1. The topological polar surface area (TPSA) is 46.5 Å². The van der Waals surface area contributed by atoms with E-state index in [2.05, 4.69) is 0 Å². The van der Waals surface area contributed by atoms with Gasteiger partial charge in [-0.3, -0.25) is 4.79 Å². The van der Waals surface area contributed by atoms with Gasteiger partial charge in [-0.25, -0.2) is 0 Å². The zero-order chi connectivity index (χ0) is 10.9. The van der Waals surface area contributed by atoms with E-state index in [1.165, 1.54) is 6.92 Å². The molecule has 1 rings (SSSR count). The van der Waals surface area contributed by atoms with Crippen molar-refractivity contribution < 1.29 is 14.6 Å². The van der Waals surface area contributed by atoms with Gasteiger partial charge in [0.25, 0.3) is 0 Å². The Hall–Kier alpha value is -0.830. The lowest BCUT2D eigenvalue weighted by Crippen LogP contribution is -2.39. The van der Waals surface area contributed by atoms with Gasteiger partial charge in [0.15, 0.2) is 0 Å². The molecule has 0 aromatic heterocycles. The van der Waals surface area contributed by atoms with Crippen molar-refractivity contribution in [2.45, 2.75) is 46.3 Å². The number of aliphatic hydroxyl groups is 1. The molecule has 0 spiro atoms. The van der Waals surface area contributed by atoms with Crippen molar-refractivity contribution in [1.29, 1.82) is 0 Å². The minimum Gasteiger partial charge on any atom is -0.458 e. The molecule has 0 saturated heterocycles. The highest BCUT2D eigenvalue weighted by Crippen LogP contribution is 2.36. The van der Waals surface area contributed by atoms with Gasteiger partial charge in [0.2, 0.25) is 0 Å². The first kappa shape index (κ1) is 11.2. The van der Waals surface area contributed by atoms with Gasteiger partial charge < -0.3 is 9.84 Å². The lowest BCUT2D eigenvalue weighted by Gasteiger charge is -2.37. The zero-order valence-electron chi connectivity index (χ0n) is 9.20. The molecule has 0 saturated carbocycles. The molecule has 0 aromatic rings. The van der Waals surface area contributed by atoms with Crippen LogP contribution in [0.15, 0.2) is 11.6 Å². The average molecular weight is 198 g/mol. The summed E-state index contributed by atoms with van der Waals surface area (Å²) in [7, 11) is 0. The van der Waals surface area contributed by atoms with Crippen LogP contribution in [0.2, 0.25) is 0 Å². The normalized spacial score (nSPS) is 30.8. The number of hydrogen-bond acceptors (Lipinski definition) is 3. The molecular weight excluding hydrogens is 180 g/mol. The van der Waals surface area contributed by atoms with Crippen molar-refractivity contribution in [2.24, 2.45) is 5.41 Å². The summed E-state index contributed by atoms with van der Waals surface area (Å²) in [6, 6.07) is 0. The number of carbonyl (C=O) groups excluding carboxylic acids is 1. The van der Waals surface area contributed by atoms with Crippen LogP contribution in [0, 0.1) is 5.41 Å². The summed E-state index contributed by atoms with van der Waals surface area (Å²) in [6.07, 6.45) is 1.88. The molecule has 0 heterocycles. The number of carbonyl (C=O) groups is 1. The Balaban J connectivity index is 2.80. The minimum atomic E-state index is -0.436. The second-order valence-corrected chi connectivity index (χ2v) is 4.65. The summed E-state index contributed by atoms with van der Waals surface area (Å²) >= 11 is 0. The largest absolute Gasteiger partial charge is 0.458 e. The SMILES string of the molecule is CC(=O)O[C@@H]1C=C(C)[C@H](O)C(C)(C)C1. The molecule has 0 bridgehead atoms. The van der Waals surface area contributed by atoms with Crippen molar-refractivity contribution in [2.75, 3.05) is 0 Å². The van der Waals surface area contributed by atoms with Crippen LogP contribution in [0.5, 0.6) is 0 Å². The Kier molecular flexibility index (Phi) is 3.00. The van der Waals surface area contributed by atoms with Gasteiger partial charge in [-0.2, -0.15) is 0 Å². The molecular formula is C11H18O3. The number of esters is 1. The Labute approximate surface area is 84.8 Å². The standard InChI is InChI=1S/C11H18O3/c1-7-5-9(14-8(2)12)6-11(3,4)10(7)13/h5,9-10,13H,6H2,1-4H3/t9-,10+/m1/s1. The van der Waals surface area contributed by atoms with Crippen LogP contribution >= 0.6 is 0 Å². The lowest BCUT2D eigenvalue weighted by molar-refractivity contribution is -0.146. The van der Waals surface area contributed by atoms with E-state index in [9.17, 15) is 9.90 Å². The van der Waals surface area contributed by atoms with E-state index < -0.39 is 6.10 Å². The summed E-state index contributed by atoms with van der Waals surface area (Å²) in [5.41, 5.74) is 0.659. The van der Waals surface area contributed by atoms with Crippen molar-refractivity contribution in [1.82, 2.24) is 0 Å². The zero-order valence-corrected chi connectivity index (χ0v) is 9.20. The van der Waals surface area contributed by atoms with E-state index >= 15 is 0 Å². The van der Waals surface area contributed by atoms with Crippen LogP contribution < -0.4 is 0 Å². The number of ether oxygens (including phenoxy) is 1. The van der Waals surface area contributed by atoms with E-state index in [0.29, 0.717) is 6.42 Å². The second-order valence-electron chi connectivity index (χ2n) is 4.65. The fourth-order valence-corrected chi connectivity index (χ4v) is 1.98. The Bertz CT molecular complexity index is 266. The molecule has 14 heavy (non-hydrogen) atoms. The Morgan fingerprint density at radius 1 is 1.64 bits per heavy atom. The van der Waals surface area contributed by atoms with Gasteiger partial charge in [-0.1, -0.05) is 13.8 Å². The predicted octanol–water partition coefficient (Wildman–Crippen LogP) is 1.66. The third-order valence-electron chi connectivity index (χ3n) is 2.66. The first-order chi connectivity index (χ1) is 6.33. The molecule has 0 aliphatic heterocycles. The first-order valence-electron chi connectivity index (χ1n) is 4.86. The van der Waals surface area contributed by atoms with E-state index in [-0.39, 0.29) is 17.5 Å². The highest BCUT2D eigenvalue weighted by atomic mass is 16.5. The van der Waals surface area contributed by atoms with Gasteiger partial charge in [-0.05, 0) is 30.4 Å². The van der Waals surface area contributed by atoms with Gasteiger partial charge in [-0.15, -0.1) is 0 Å². The van der Waals surface area contributed by atoms with Gasteiger partial charge >= 0.3 is 5.97 Å². The number of hydrogen-bond donors (Lipinski definition) is 1. The monoisotopic (exact) mass is 198 g/mol. The maximum atomic E-state index is 10.8. The smallest absolute Gasteiger partial charge is 0.303 e. The third kappa shape index (κ3) is 2.35. The molecule has 1 N–H and O–H groups in total. The average Bonchev–Trinajstić information content (AvgIpc) is 1.98. The van der Waals surface area contributed by atoms with Crippen LogP contribution in [0.1, 0.15) is 34.1 Å². The molecule has 0 radical (unpaired) electrons. The number of aliphatic hydroxyl groups excluding tert-OH is 1. The highest BCUT2D eigenvalue weighted by Gasteiger charge is 2.36. The molecule has 0 amide bonds. The lowest BCUT2D eigenvalue weighted by atomic mass is 9.74. The summed E-state index contributed by atoms with van der Waals surface area (Å²) in [6.45, 7) is 7.22. The Morgan fingerprint density at radius 2 is 2.21 bits per heavy atom. The summed E-state index contributed by atoms with van der Waals surface area (Å²) in [4.78, 5) is 10.8. The van der Waals surface area contributed by atoms with Crippen LogP contribution in [-0.2, 0) is 9.53 Å². The molecule has 0 fully saturated rings. The van der Waals surface area contributed by atoms with Crippen LogP contribution in [0.3, 0.4) is 0 Å². The highest BCUT2D eigenvalue weighted by molar-refractivity contribution is 5.66. The van der Waals surface area contributed by atoms with Gasteiger partial charge in [0.05, 0.1) is 6.10 Å². The predicted molar refractivity (Wildman–Crippen MR) is 53.7 cm³/mol. The van der Waals surface area contributed by atoms with E-state index in [1.54, 1.807) is 0 Å². The Morgan fingerprint density at radius 3 is 2.64 bits per heavy atom. The third-order valence-corrected chi connectivity index (χ3v) is 2.66. The molecule has 0 unspecified atom stereocenters. The van der Waals surface area contributed by atoms with Crippen molar-refractivity contribution in [3.05, 3.63) is 11.6 Å². The first-order valence-corrected chi connectivity index (χ1v) is 4.86. The maximum Gasteiger partial charge on any atom is 0.303 e.